The first-order valence-electron chi connectivity index (χ1n) is 27.6. The van der Waals surface area contributed by atoms with E-state index in [1.54, 1.807) is 11.1 Å². The molecule has 7 aromatic rings. The number of hydrogen-bond donors (Lipinski definition) is 0. The molecule has 0 fully saturated rings. The smallest absolute Gasteiger partial charge is 0.266 e. The van der Waals surface area contributed by atoms with Crippen LogP contribution in [0.1, 0.15) is 207 Å². The quantitative estimate of drug-likeness (QED) is 0.151. The van der Waals surface area contributed by atoms with Crippen molar-refractivity contribution in [2.24, 2.45) is 0 Å². The minimum Gasteiger partial charge on any atom is -0.309 e. The zero-order valence-corrected chi connectivity index (χ0v) is 48.5. The van der Waals surface area contributed by atoms with Gasteiger partial charge in [0.15, 0.2) is 0 Å². The molecule has 4 aliphatic carbocycles. The molecule has 5 aromatic carbocycles. The molecule has 3 aliphatic heterocycles. The standard InChI is InChI=1S/C66H74BClN2S2/c1-59(2)19-20-60(3,4)40-29-36(17-18-39(40)59)69-47-27-35(68)28-48-55(47)67(54-38-31-42-44(33-49(38)72-58(54)69)64(11,12)24-22-62(42,7)8)57-56-52-50(71-57)34-45-53(66(15,16)26-25-65(45,13)14)51(52)37-30-41-43(32-46(37)70(48)56)63(9,10)23-21-61(41,5)6/h17-18,27-34H,19-26H2,1-16H3. The van der Waals surface area contributed by atoms with Crippen molar-refractivity contribution in [3.8, 4) is 11.1 Å². The van der Waals surface area contributed by atoms with Crippen LogP contribution in [0, 0.1) is 0 Å². The third-order valence-electron chi connectivity index (χ3n) is 20.9. The molecular weight excluding hydrogens is 931 g/mol. The summed E-state index contributed by atoms with van der Waals surface area (Å²) in [5.74, 6) is 0. The van der Waals surface area contributed by atoms with E-state index in [1.165, 1.54) is 165 Å². The second kappa shape index (κ2) is 13.9. The highest BCUT2D eigenvalue weighted by Gasteiger charge is 2.53. The molecule has 0 amide bonds. The van der Waals surface area contributed by atoms with Gasteiger partial charge in [0, 0.05) is 47.2 Å². The molecule has 0 saturated heterocycles. The van der Waals surface area contributed by atoms with Gasteiger partial charge >= 0.3 is 0 Å². The summed E-state index contributed by atoms with van der Waals surface area (Å²) in [6.07, 6.45) is 9.51. The number of hydrogen-bond acceptors (Lipinski definition) is 4. The second-order valence-corrected chi connectivity index (χ2v) is 31.8. The van der Waals surface area contributed by atoms with E-state index in [0.29, 0.717) is 0 Å². The maximum Gasteiger partial charge on any atom is 0.266 e. The van der Waals surface area contributed by atoms with Gasteiger partial charge in [-0.25, -0.2) is 0 Å². The van der Waals surface area contributed by atoms with Crippen molar-refractivity contribution in [1.82, 2.24) is 0 Å². The van der Waals surface area contributed by atoms with Crippen LogP contribution in [0.3, 0.4) is 0 Å². The summed E-state index contributed by atoms with van der Waals surface area (Å²) in [6.45, 7) is 40.1. The predicted molar refractivity (Wildman–Crippen MR) is 316 cm³/mol. The number of benzene rings is 5. The van der Waals surface area contributed by atoms with E-state index in [0.717, 1.165) is 5.02 Å². The zero-order valence-electron chi connectivity index (χ0n) is 46.1. The van der Waals surface area contributed by atoms with E-state index in [4.69, 9.17) is 11.6 Å². The molecule has 2 nitrogen and oxygen atoms in total. The fraction of sp³-hybridized carbons (Fsp3) is 0.485. The first kappa shape index (κ1) is 46.5. The third-order valence-corrected chi connectivity index (χ3v) is 23.4. The molecule has 0 bridgehead atoms. The Kier molecular flexibility index (Phi) is 8.96. The lowest BCUT2D eigenvalue weighted by molar-refractivity contribution is 0.331. The highest BCUT2D eigenvalue weighted by molar-refractivity contribution is 7.35. The topological polar surface area (TPSA) is 6.48 Å². The molecule has 0 N–H and O–H groups in total. The minimum absolute atomic E-state index is 0.0246. The summed E-state index contributed by atoms with van der Waals surface area (Å²) < 4.78 is 4.35. The number of halogens is 1. The van der Waals surface area contributed by atoms with Crippen molar-refractivity contribution < 1.29 is 0 Å². The van der Waals surface area contributed by atoms with Crippen LogP contribution >= 0.6 is 34.3 Å². The van der Waals surface area contributed by atoms with Crippen molar-refractivity contribution >= 4 is 110 Å². The molecule has 72 heavy (non-hydrogen) atoms. The number of thiophene rings is 2. The predicted octanol–water partition coefficient (Wildman–Crippen LogP) is 18.2. The molecule has 2 aromatic heterocycles. The average Bonchev–Trinajstić information content (AvgIpc) is 3.87. The van der Waals surface area contributed by atoms with E-state index in [-0.39, 0.29) is 50.0 Å². The first-order valence-corrected chi connectivity index (χ1v) is 29.6. The monoisotopic (exact) mass is 1000 g/mol. The number of anilines is 6. The second-order valence-electron chi connectivity index (χ2n) is 29.3. The minimum atomic E-state index is 0.0246. The van der Waals surface area contributed by atoms with Crippen LogP contribution in [0.2, 0.25) is 5.02 Å². The largest absolute Gasteiger partial charge is 0.309 e. The first-order chi connectivity index (χ1) is 33.5. The van der Waals surface area contributed by atoms with E-state index in [9.17, 15) is 0 Å². The lowest BCUT2D eigenvalue weighted by Crippen LogP contribution is -2.60. The highest BCUT2D eigenvalue weighted by Crippen LogP contribution is 2.63. The van der Waals surface area contributed by atoms with E-state index in [1.807, 2.05) is 11.3 Å². The Morgan fingerprint density at radius 3 is 1.54 bits per heavy atom. The molecule has 5 heterocycles. The molecular formula is C66H74BClN2S2. The van der Waals surface area contributed by atoms with Gasteiger partial charge in [0.25, 0.3) is 6.71 Å². The van der Waals surface area contributed by atoms with Gasteiger partial charge in [0.1, 0.15) is 0 Å². The lowest BCUT2D eigenvalue weighted by atomic mass is 9.36. The fourth-order valence-corrected chi connectivity index (χ4v) is 18.6. The van der Waals surface area contributed by atoms with Crippen molar-refractivity contribution in [1.29, 1.82) is 0 Å². The highest BCUT2D eigenvalue weighted by atomic mass is 35.5. The lowest BCUT2D eigenvalue weighted by Gasteiger charge is -2.48. The van der Waals surface area contributed by atoms with E-state index < -0.39 is 0 Å². The van der Waals surface area contributed by atoms with Crippen LogP contribution in [0.4, 0.5) is 33.4 Å². The summed E-state index contributed by atoms with van der Waals surface area (Å²) >= 11 is 11.9. The van der Waals surface area contributed by atoms with Crippen molar-refractivity contribution in [2.45, 2.75) is 205 Å². The summed E-state index contributed by atoms with van der Waals surface area (Å²) in [7, 11) is 0. The molecule has 0 radical (unpaired) electrons. The zero-order chi connectivity index (χ0) is 50.7. The van der Waals surface area contributed by atoms with Crippen LogP contribution < -0.4 is 25.5 Å². The van der Waals surface area contributed by atoms with Gasteiger partial charge in [-0.1, -0.05) is 128 Å². The van der Waals surface area contributed by atoms with Gasteiger partial charge in [-0.15, -0.1) is 22.7 Å². The van der Waals surface area contributed by atoms with Gasteiger partial charge in [-0.2, -0.15) is 0 Å². The van der Waals surface area contributed by atoms with Gasteiger partial charge in [-0.3, -0.25) is 0 Å². The SMILES string of the molecule is CC1(C)CCC(C)(C)c2cc(N3c4cc(Cl)cc5c4B(c4sc6cc7c(c8c6c4N5c4cc5c(cc4-8)C(C)(C)CCC5(C)C)C(C)(C)CCC7(C)C)c4c3sc3cc5c(cc43)C(C)(C)CCC5(C)C)ccc21. The maximum atomic E-state index is 7.74. The van der Waals surface area contributed by atoms with Crippen LogP contribution in [-0.4, -0.2) is 6.71 Å². The van der Waals surface area contributed by atoms with Crippen molar-refractivity contribution in [3.05, 3.63) is 110 Å². The molecule has 0 atom stereocenters. The molecule has 0 unspecified atom stereocenters. The molecule has 0 saturated carbocycles. The molecule has 0 spiro atoms. The maximum absolute atomic E-state index is 7.74. The van der Waals surface area contributed by atoms with Gasteiger partial charge < -0.3 is 9.80 Å². The molecule has 370 valence electrons. The summed E-state index contributed by atoms with van der Waals surface area (Å²) in [6, 6.07) is 25.7. The summed E-state index contributed by atoms with van der Waals surface area (Å²) in [5, 5.41) is 5.06. The fourth-order valence-electron chi connectivity index (χ4n) is 15.8. The Morgan fingerprint density at radius 1 is 0.444 bits per heavy atom. The van der Waals surface area contributed by atoms with Gasteiger partial charge in [0.2, 0.25) is 0 Å². The van der Waals surface area contributed by atoms with Crippen LogP contribution in [-0.2, 0) is 43.3 Å². The van der Waals surface area contributed by atoms with Crippen LogP contribution in [0.15, 0.2) is 60.7 Å². The number of fused-ring (bicyclic) bond motifs is 14. The number of nitrogens with zero attached hydrogens (tertiary/aromatic N) is 2. The Balaban J connectivity index is 1.15. The molecule has 7 aliphatic rings. The Bertz CT molecular complexity index is 3640. The Morgan fingerprint density at radius 2 is 0.931 bits per heavy atom. The van der Waals surface area contributed by atoms with Crippen LogP contribution in [0.5, 0.6) is 0 Å². The summed E-state index contributed by atoms with van der Waals surface area (Å²) in [4.78, 5) is 5.44. The van der Waals surface area contributed by atoms with Gasteiger partial charge in [0.05, 0.1) is 16.4 Å². The Hall–Kier alpha value is -4.03. The molecule has 14 rings (SSSR count). The van der Waals surface area contributed by atoms with E-state index in [2.05, 4.69) is 193 Å². The van der Waals surface area contributed by atoms with Gasteiger partial charge in [-0.05, 0) is 216 Å². The van der Waals surface area contributed by atoms with E-state index >= 15 is 0 Å². The van der Waals surface area contributed by atoms with Crippen molar-refractivity contribution in [3.63, 3.8) is 0 Å². The Labute approximate surface area is 444 Å². The van der Waals surface area contributed by atoms with Crippen molar-refractivity contribution in [2.75, 3.05) is 9.80 Å². The van der Waals surface area contributed by atoms with Crippen LogP contribution in [0.25, 0.3) is 31.3 Å². The number of rotatable bonds is 1. The average molecular weight is 1010 g/mol. The third kappa shape index (κ3) is 5.92. The molecule has 6 heteroatoms. The normalized spacial score (nSPS) is 22.9. The summed E-state index contributed by atoms with van der Waals surface area (Å²) in [5.41, 5.74) is 25.2.